The van der Waals surface area contributed by atoms with Crippen molar-refractivity contribution in [2.45, 2.75) is 68.5 Å². The van der Waals surface area contributed by atoms with Crippen LogP contribution in [0.4, 0.5) is 10.1 Å². The monoisotopic (exact) mass is 565 g/mol. The summed E-state index contributed by atoms with van der Waals surface area (Å²) in [5, 5.41) is 29.6. The molecule has 3 aliphatic carbocycles. The van der Waals surface area contributed by atoms with E-state index in [0.29, 0.717) is 42.8 Å². The van der Waals surface area contributed by atoms with Crippen LogP contribution in [0.15, 0.2) is 30.6 Å². The van der Waals surface area contributed by atoms with Crippen LogP contribution in [0.25, 0.3) is 0 Å². The first-order chi connectivity index (χ1) is 19.0. The third-order valence-electron chi connectivity index (χ3n) is 9.00. The molecule has 0 aliphatic heterocycles. The molecular weight excluding hydrogens is 533 g/mol. The fourth-order valence-corrected chi connectivity index (χ4v) is 7.29. The molecule has 2 atom stereocenters. The number of aromatic nitrogens is 4. The molecule has 8 nitrogen and oxygen atoms in total. The molecular formula is C30H33ClFN5O3. The Morgan fingerprint density at radius 2 is 1.85 bits per heavy atom. The van der Waals surface area contributed by atoms with Gasteiger partial charge >= 0.3 is 0 Å². The first-order valence-corrected chi connectivity index (χ1v) is 14.2. The van der Waals surface area contributed by atoms with Crippen LogP contribution in [0.5, 0.6) is 0 Å². The molecule has 0 spiro atoms. The molecule has 1 amide bonds. The Bertz CT molecular complexity index is 1520. The Hall–Kier alpha value is -3.19. The summed E-state index contributed by atoms with van der Waals surface area (Å²) >= 11 is 5.88. The van der Waals surface area contributed by atoms with E-state index in [1.165, 1.54) is 18.2 Å². The van der Waals surface area contributed by atoms with Crippen molar-refractivity contribution in [3.63, 3.8) is 0 Å². The topological polar surface area (TPSA) is 105 Å². The van der Waals surface area contributed by atoms with Crippen LogP contribution in [0, 0.1) is 29.5 Å². The normalized spacial score (nSPS) is 26.9. The molecule has 0 saturated heterocycles. The summed E-state index contributed by atoms with van der Waals surface area (Å²) in [7, 11) is 3.61. The number of rotatable bonds is 4. The number of carbonyl (C=O) groups is 1. The van der Waals surface area contributed by atoms with E-state index in [4.69, 9.17) is 11.6 Å². The lowest BCUT2D eigenvalue weighted by Crippen LogP contribution is -2.26. The number of aliphatic hydroxyl groups is 2. The van der Waals surface area contributed by atoms with E-state index in [0.717, 1.165) is 37.1 Å². The van der Waals surface area contributed by atoms with Crippen LogP contribution >= 0.6 is 11.6 Å². The molecule has 3 fully saturated rings. The highest BCUT2D eigenvalue weighted by atomic mass is 35.5. The summed E-state index contributed by atoms with van der Waals surface area (Å²) in [6.45, 7) is 0. The van der Waals surface area contributed by atoms with Crippen molar-refractivity contribution in [1.82, 2.24) is 19.3 Å². The van der Waals surface area contributed by atoms with E-state index in [9.17, 15) is 19.4 Å². The quantitative estimate of drug-likeness (QED) is 0.400. The van der Waals surface area contributed by atoms with Crippen LogP contribution in [0.3, 0.4) is 0 Å². The Kier molecular flexibility index (Phi) is 6.76. The molecule has 0 bridgehead atoms. The number of hydrogen-bond donors (Lipinski definition) is 3. The van der Waals surface area contributed by atoms with Crippen LogP contribution in [0.1, 0.15) is 84.9 Å². The van der Waals surface area contributed by atoms with Crippen molar-refractivity contribution < 1.29 is 19.4 Å². The van der Waals surface area contributed by atoms with Gasteiger partial charge in [0.2, 0.25) is 0 Å². The van der Waals surface area contributed by atoms with Gasteiger partial charge in [-0.25, -0.2) is 9.37 Å². The number of benzene rings is 1. The zero-order chi connectivity index (χ0) is 28.2. The largest absolute Gasteiger partial charge is 0.384 e. The van der Waals surface area contributed by atoms with Gasteiger partial charge in [0.05, 0.1) is 22.7 Å². The Morgan fingerprint density at radius 3 is 2.52 bits per heavy atom. The highest BCUT2D eigenvalue weighted by molar-refractivity contribution is 6.31. The van der Waals surface area contributed by atoms with E-state index in [-0.39, 0.29) is 28.7 Å². The van der Waals surface area contributed by atoms with Crippen LogP contribution in [-0.4, -0.2) is 41.1 Å². The lowest BCUT2D eigenvalue weighted by Gasteiger charge is -2.25. The number of anilines is 1. The number of halogens is 2. The van der Waals surface area contributed by atoms with Crippen LogP contribution in [0.2, 0.25) is 5.02 Å². The van der Waals surface area contributed by atoms with Gasteiger partial charge in [-0.05, 0) is 93.4 Å². The van der Waals surface area contributed by atoms with E-state index >= 15 is 0 Å². The predicted octanol–water partition coefficient (Wildman–Crippen LogP) is 4.65. The van der Waals surface area contributed by atoms with Gasteiger partial charge in [-0.15, -0.1) is 0 Å². The second kappa shape index (κ2) is 10.0. The average molecular weight is 566 g/mol. The average Bonchev–Trinajstić information content (AvgIpc) is 3.70. The first-order valence-electron chi connectivity index (χ1n) is 13.8. The zero-order valence-electron chi connectivity index (χ0n) is 22.6. The zero-order valence-corrected chi connectivity index (χ0v) is 23.4. The highest BCUT2D eigenvalue weighted by Crippen LogP contribution is 2.56. The molecule has 2 aromatic heterocycles. The first kappa shape index (κ1) is 27.0. The lowest BCUT2D eigenvalue weighted by molar-refractivity contribution is 0.0263. The number of nitrogens with zero attached hydrogens (tertiary/aromatic N) is 4. The van der Waals surface area contributed by atoms with Gasteiger partial charge in [0, 0.05) is 25.7 Å². The number of fused-ring (bicyclic) bond motifs is 1. The molecule has 10 heteroatoms. The Morgan fingerprint density at radius 1 is 1.15 bits per heavy atom. The number of aryl methyl sites for hydroxylation is 2. The predicted molar refractivity (Wildman–Crippen MR) is 148 cm³/mol. The van der Waals surface area contributed by atoms with Crippen molar-refractivity contribution in [3.05, 3.63) is 64.2 Å². The maximum Gasteiger partial charge on any atom is 0.274 e. The standard InChI is InChI=1S/C30H33ClFN5O3/c1-36-17-33-26(27(36)28(38)34-21-5-6-24(32)23(31)13-21)18-11-19-15-30(40,16-20(19)12-18)25-14-22(35-37(25)2)7-10-29(39)8-3-4-9-29/h5-6,13-14,17-20,39-40H,3-4,8-9,11-12,15-16H2,1-2H3,(H,34,38). The van der Waals surface area contributed by atoms with E-state index in [1.807, 2.05) is 13.1 Å². The maximum absolute atomic E-state index is 13.6. The van der Waals surface area contributed by atoms with Gasteiger partial charge in [-0.1, -0.05) is 17.5 Å². The molecule has 2 heterocycles. The van der Waals surface area contributed by atoms with Crippen molar-refractivity contribution in [2.24, 2.45) is 25.9 Å². The molecule has 3 aliphatic rings. The summed E-state index contributed by atoms with van der Waals surface area (Å²) in [6.07, 6.45) is 7.84. The lowest BCUT2D eigenvalue weighted by atomic mass is 9.90. The van der Waals surface area contributed by atoms with Gasteiger partial charge in [-0.2, -0.15) is 5.10 Å². The second-order valence-electron chi connectivity index (χ2n) is 11.8. The molecule has 0 radical (unpaired) electrons. The summed E-state index contributed by atoms with van der Waals surface area (Å²) in [6, 6.07) is 5.93. The minimum absolute atomic E-state index is 0.0575. The molecule has 3 N–H and O–H groups in total. The Labute approximate surface area is 237 Å². The van der Waals surface area contributed by atoms with E-state index in [2.05, 4.69) is 27.2 Å². The molecule has 3 aromatic rings. The summed E-state index contributed by atoms with van der Waals surface area (Å²) in [4.78, 5) is 17.8. The van der Waals surface area contributed by atoms with Crippen LogP contribution < -0.4 is 5.32 Å². The summed E-state index contributed by atoms with van der Waals surface area (Å²) in [5.74, 6) is 5.83. The minimum Gasteiger partial charge on any atom is -0.384 e. The van der Waals surface area contributed by atoms with Gasteiger partial charge in [0.15, 0.2) is 0 Å². The third-order valence-corrected chi connectivity index (χ3v) is 9.29. The minimum atomic E-state index is -1.00. The fraction of sp³-hybridized carbons (Fsp3) is 0.500. The van der Waals surface area contributed by atoms with E-state index < -0.39 is 17.0 Å². The van der Waals surface area contributed by atoms with Gasteiger partial charge in [0.25, 0.3) is 5.91 Å². The number of hydrogen-bond acceptors (Lipinski definition) is 5. The summed E-state index contributed by atoms with van der Waals surface area (Å²) < 4.78 is 17.0. The Balaban J connectivity index is 1.15. The van der Waals surface area contributed by atoms with E-state index in [1.54, 1.807) is 22.6 Å². The van der Waals surface area contributed by atoms with Gasteiger partial charge < -0.3 is 20.1 Å². The molecule has 1 aromatic carbocycles. The van der Waals surface area contributed by atoms with Gasteiger partial charge in [-0.3, -0.25) is 9.48 Å². The van der Waals surface area contributed by atoms with Crippen molar-refractivity contribution in [1.29, 1.82) is 0 Å². The SMILES string of the molecule is Cn1cnc(C2CC3CC(O)(c4cc(C#CC5(O)CCCC5)nn4C)CC3C2)c1C(=O)Nc1ccc(F)c(Cl)c1. The van der Waals surface area contributed by atoms with Crippen LogP contribution in [-0.2, 0) is 19.7 Å². The highest BCUT2D eigenvalue weighted by Gasteiger charge is 2.51. The van der Waals surface area contributed by atoms with Crippen molar-refractivity contribution in [2.75, 3.05) is 5.32 Å². The summed E-state index contributed by atoms with van der Waals surface area (Å²) in [5.41, 5.74) is 1.01. The molecule has 6 rings (SSSR count). The van der Waals surface area contributed by atoms with Gasteiger partial charge in [0.1, 0.15) is 28.4 Å². The molecule has 3 saturated carbocycles. The van der Waals surface area contributed by atoms with Crippen molar-refractivity contribution in [3.8, 4) is 11.8 Å². The third kappa shape index (κ3) is 4.93. The maximum atomic E-state index is 13.6. The number of imidazole rings is 1. The number of nitrogens with one attached hydrogen (secondary N) is 1. The molecule has 40 heavy (non-hydrogen) atoms. The smallest absolute Gasteiger partial charge is 0.274 e. The molecule has 2 unspecified atom stereocenters. The second-order valence-corrected chi connectivity index (χ2v) is 12.2. The fourth-order valence-electron chi connectivity index (χ4n) is 7.11. The number of amides is 1. The number of carbonyl (C=O) groups excluding carboxylic acids is 1. The van der Waals surface area contributed by atoms with Crippen molar-refractivity contribution >= 4 is 23.2 Å². The molecule has 210 valence electrons.